The molecule has 0 aliphatic rings. The van der Waals surface area contributed by atoms with Crippen molar-refractivity contribution in [1.29, 1.82) is 0 Å². The maximum absolute atomic E-state index is 10.8. The largest absolute Gasteiger partial charge is 0.298 e. The highest BCUT2D eigenvalue weighted by Crippen LogP contribution is 2.32. The van der Waals surface area contributed by atoms with Crippen LogP contribution in [0.15, 0.2) is 47.6 Å². The molecule has 0 amide bonds. The molecule has 0 N–H and O–H groups in total. The van der Waals surface area contributed by atoms with Crippen molar-refractivity contribution in [3.8, 4) is 0 Å². The molecule has 0 aromatic carbocycles. The molecular weight excluding hydrogens is 256 g/mol. The summed E-state index contributed by atoms with van der Waals surface area (Å²) in [5.74, 6) is 0. The van der Waals surface area contributed by atoms with Crippen LogP contribution in [0.1, 0.15) is 66.7 Å². The molecule has 0 heterocycles. The Balaban J connectivity index is 4.04. The average Bonchev–Trinajstić information content (AvgIpc) is 2.47. The van der Waals surface area contributed by atoms with Gasteiger partial charge in [-0.3, -0.25) is 4.79 Å². The van der Waals surface area contributed by atoms with Crippen molar-refractivity contribution in [2.45, 2.75) is 66.7 Å². The van der Waals surface area contributed by atoms with Gasteiger partial charge in [0.15, 0.2) is 0 Å². The fraction of sp³-hybridized carbons (Fsp3) is 0.550. The molecule has 0 aliphatic carbocycles. The molecule has 0 rings (SSSR count). The van der Waals surface area contributed by atoms with Crippen LogP contribution in [0, 0.1) is 5.41 Å². The number of rotatable bonds is 10. The average molecular weight is 288 g/mol. The molecule has 0 unspecified atom stereocenters. The van der Waals surface area contributed by atoms with Crippen LogP contribution in [0.2, 0.25) is 0 Å². The summed E-state index contributed by atoms with van der Waals surface area (Å²) in [6.07, 6.45) is 19.7. The summed E-state index contributed by atoms with van der Waals surface area (Å²) in [7, 11) is 0. The van der Waals surface area contributed by atoms with Crippen molar-refractivity contribution in [3.63, 3.8) is 0 Å². The van der Waals surface area contributed by atoms with Crippen molar-refractivity contribution >= 4 is 6.29 Å². The number of aldehydes is 1. The van der Waals surface area contributed by atoms with E-state index in [9.17, 15) is 4.79 Å². The number of hydrogen-bond acceptors (Lipinski definition) is 1. The normalized spacial score (nSPS) is 14.3. The zero-order valence-electron chi connectivity index (χ0n) is 14.5. The molecule has 0 aromatic rings. The van der Waals surface area contributed by atoms with Gasteiger partial charge in [-0.05, 0) is 63.9 Å². The third kappa shape index (κ3) is 9.23. The summed E-state index contributed by atoms with van der Waals surface area (Å²) in [5.41, 5.74) is 2.10. The summed E-state index contributed by atoms with van der Waals surface area (Å²) in [5, 5.41) is 0. The van der Waals surface area contributed by atoms with Crippen LogP contribution in [-0.2, 0) is 4.79 Å². The molecule has 0 saturated carbocycles. The van der Waals surface area contributed by atoms with Gasteiger partial charge in [0.05, 0.1) is 0 Å². The SMILES string of the molecule is C/C=C/CC/C=C/CC/C=C/CC(C)(C)/C(C)=C(\C)C=O. The van der Waals surface area contributed by atoms with Gasteiger partial charge < -0.3 is 0 Å². The van der Waals surface area contributed by atoms with Crippen LogP contribution in [0.25, 0.3) is 0 Å². The van der Waals surface area contributed by atoms with Crippen molar-refractivity contribution in [3.05, 3.63) is 47.6 Å². The Kier molecular flexibility index (Phi) is 10.6. The van der Waals surface area contributed by atoms with Crippen molar-refractivity contribution in [1.82, 2.24) is 0 Å². The molecule has 21 heavy (non-hydrogen) atoms. The summed E-state index contributed by atoms with van der Waals surface area (Å²) in [4.78, 5) is 10.8. The number of unbranched alkanes of at least 4 members (excludes halogenated alkanes) is 2. The highest BCUT2D eigenvalue weighted by atomic mass is 16.1. The molecule has 0 bridgehead atoms. The second-order valence-corrected chi connectivity index (χ2v) is 6.18. The fourth-order valence-corrected chi connectivity index (χ4v) is 2.06. The Bertz CT molecular complexity index is 406. The van der Waals surface area contributed by atoms with Crippen LogP contribution >= 0.6 is 0 Å². The van der Waals surface area contributed by atoms with E-state index < -0.39 is 0 Å². The first-order valence-corrected chi connectivity index (χ1v) is 8.00. The highest BCUT2D eigenvalue weighted by molar-refractivity contribution is 5.73. The lowest BCUT2D eigenvalue weighted by Gasteiger charge is -2.25. The van der Waals surface area contributed by atoms with E-state index in [1.54, 1.807) is 0 Å². The molecular formula is C20H32O. The third-order valence-corrected chi connectivity index (χ3v) is 3.98. The van der Waals surface area contributed by atoms with E-state index in [2.05, 4.69) is 64.2 Å². The third-order valence-electron chi connectivity index (χ3n) is 3.98. The summed E-state index contributed by atoms with van der Waals surface area (Å²) in [6.45, 7) is 10.4. The van der Waals surface area contributed by atoms with Gasteiger partial charge in [0.25, 0.3) is 0 Å². The Morgan fingerprint density at radius 2 is 1.33 bits per heavy atom. The molecule has 0 aliphatic heterocycles. The maximum Gasteiger partial charge on any atom is 0.145 e. The van der Waals surface area contributed by atoms with Gasteiger partial charge >= 0.3 is 0 Å². The minimum atomic E-state index is 0.0593. The number of hydrogen-bond donors (Lipinski definition) is 0. The van der Waals surface area contributed by atoms with Gasteiger partial charge in [0.1, 0.15) is 6.29 Å². The predicted molar refractivity (Wildman–Crippen MR) is 94.4 cm³/mol. The van der Waals surface area contributed by atoms with E-state index in [0.717, 1.165) is 44.0 Å². The van der Waals surface area contributed by atoms with Crippen LogP contribution in [0.5, 0.6) is 0 Å². The molecule has 0 fully saturated rings. The minimum Gasteiger partial charge on any atom is -0.298 e. The first kappa shape index (κ1) is 19.6. The van der Waals surface area contributed by atoms with Crippen molar-refractivity contribution in [2.24, 2.45) is 5.41 Å². The Morgan fingerprint density at radius 1 is 0.857 bits per heavy atom. The molecule has 0 atom stereocenters. The predicted octanol–water partition coefficient (Wildman–Crippen LogP) is 6.19. The molecule has 0 radical (unpaired) electrons. The minimum absolute atomic E-state index is 0.0593. The van der Waals surface area contributed by atoms with Crippen molar-refractivity contribution in [2.75, 3.05) is 0 Å². The summed E-state index contributed by atoms with van der Waals surface area (Å²) < 4.78 is 0. The summed E-state index contributed by atoms with van der Waals surface area (Å²) in [6, 6.07) is 0. The number of carbonyl (C=O) groups excluding carboxylic acids is 1. The Labute approximate surface area is 131 Å². The van der Waals surface area contributed by atoms with Gasteiger partial charge in [-0.15, -0.1) is 0 Å². The van der Waals surface area contributed by atoms with Crippen LogP contribution in [0.3, 0.4) is 0 Å². The Hall–Kier alpha value is -1.37. The molecule has 1 heteroatoms. The quantitative estimate of drug-likeness (QED) is 0.203. The van der Waals surface area contributed by atoms with Gasteiger partial charge in [-0.2, -0.15) is 0 Å². The van der Waals surface area contributed by atoms with Gasteiger partial charge in [0.2, 0.25) is 0 Å². The van der Waals surface area contributed by atoms with E-state index in [4.69, 9.17) is 0 Å². The lowest BCUT2D eigenvalue weighted by atomic mass is 9.80. The van der Waals surface area contributed by atoms with Crippen molar-refractivity contribution < 1.29 is 4.79 Å². The lowest BCUT2D eigenvalue weighted by molar-refractivity contribution is -0.105. The van der Waals surface area contributed by atoms with E-state index in [1.165, 1.54) is 5.57 Å². The van der Waals surface area contributed by atoms with E-state index in [0.29, 0.717) is 0 Å². The molecule has 0 aromatic heterocycles. The van der Waals surface area contributed by atoms with E-state index >= 15 is 0 Å². The number of allylic oxidation sites excluding steroid dienone is 8. The lowest BCUT2D eigenvalue weighted by Crippen LogP contribution is -2.13. The van der Waals surface area contributed by atoms with E-state index in [-0.39, 0.29) is 5.41 Å². The van der Waals surface area contributed by atoms with Crippen LogP contribution in [-0.4, -0.2) is 6.29 Å². The molecule has 118 valence electrons. The van der Waals surface area contributed by atoms with Gasteiger partial charge in [-0.25, -0.2) is 0 Å². The van der Waals surface area contributed by atoms with Crippen LogP contribution < -0.4 is 0 Å². The molecule has 0 saturated heterocycles. The molecule has 0 spiro atoms. The molecule has 1 nitrogen and oxygen atoms in total. The monoisotopic (exact) mass is 288 g/mol. The second kappa shape index (κ2) is 11.3. The standard InChI is InChI=1S/C20H32O/c1-6-7-8-9-10-11-12-13-14-15-16-20(4,5)19(3)18(2)17-21/h6-7,10-11,14-15,17H,8-9,12-13,16H2,1-5H3/b7-6+,11-10+,15-14+,19-18+. The zero-order chi connectivity index (χ0) is 16.1. The highest BCUT2D eigenvalue weighted by Gasteiger charge is 2.19. The maximum atomic E-state index is 10.8. The fourth-order valence-electron chi connectivity index (χ4n) is 2.06. The van der Waals surface area contributed by atoms with Gasteiger partial charge in [0, 0.05) is 0 Å². The van der Waals surface area contributed by atoms with Gasteiger partial charge in [-0.1, -0.05) is 55.9 Å². The first-order chi connectivity index (χ1) is 9.95. The van der Waals surface area contributed by atoms with E-state index in [1.807, 2.05) is 6.92 Å². The number of carbonyl (C=O) groups is 1. The van der Waals surface area contributed by atoms with Crippen LogP contribution in [0.4, 0.5) is 0 Å². The topological polar surface area (TPSA) is 17.1 Å². The first-order valence-electron chi connectivity index (χ1n) is 8.00. The Morgan fingerprint density at radius 3 is 1.81 bits per heavy atom. The zero-order valence-corrected chi connectivity index (χ0v) is 14.5. The summed E-state index contributed by atoms with van der Waals surface area (Å²) >= 11 is 0. The smallest absolute Gasteiger partial charge is 0.145 e. The second-order valence-electron chi connectivity index (χ2n) is 6.18.